The molecule has 1 aromatic rings. The molecule has 1 rings (SSSR count). The van der Waals surface area contributed by atoms with E-state index >= 15 is 0 Å². The van der Waals surface area contributed by atoms with Crippen molar-refractivity contribution in [1.82, 2.24) is 5.32 Å². The summed E-state index contributed by atoms with van der Waals surface area (Å²) in [5.74, 6) is 0. The highest BCUT2D eigenvalue weighted by molar-refractivity contribution is 6.30. The van der Waals surface area contributed by atoms with Crippen LogP contribution in [-0.4, -0.2) is 13.0 Å². The molecule has 0 spiro atoms. The van der Waals surface area contributed by atoms with Gasteiger partial charge in [0, 0.05) is 11.6 Å². The van der Waals surface area contributed by atoms with Crippen LogP contribution in [0.3, 0.4) is 0 Å². The lowest BCUT2D eigenvalue weighted by Gasteiger charge is -2.03. The summed E-state index contributed by atoms with van der Waals surface area (Å²) in [6.07, 6.45) is -2.31. The van der Waals surface area contributed by atoms with Gasteiger partial charge >= 0.3 is 0 Å². The van der Waals surface area contributed by atoms with Crippen LogP contribution in [0.5, 0.6) is 0 Å². The Balaban J connectivity index is 2.37. The van der Waals surface area contributed by atoms with Crippen molar-refractivity contribution in [2.45, 2.75) is 13.0 Å². The Kier molecular flexibility index (Phi) is 4.12. The van der Waals surface area contributed by atoms with Gasteiger partial charge in [0.15, 0.2) is 0 Å². The summed E-state index contributed by atoms with van der Waals surface area (Å²) in [6, 6.07) is 7.13. The summed E-state index contributed by atoms with van der Waals surface area (Å²) < 4.78 is 23.5. The summed E-state index contributed by atoms with van der Waals surface area (Å²) >= 11 is 5.71. The predicted molar refractivity (Wildman–Crippen MR) is 49.2 cm³/mol. The minimum atomic E-state index is -2.31. The van der Waals surface area contributed by atoms with E-state index in [4.69, 9.17) is 11.6 Å². The number of benzene rings is 1. The molecule has 1 aromatic carbocycles. The van der Waals surface area contributed by atoms with Crippen molar-refractivity contribution in [2.75, 3.05) is 6.54 Å². The summed E-state index contributed by atoms with van der Waals surface area (Å²) in [7, 11) is 0. The minimum absolute atomic E-state index is 0.285. The largest absolute Gasteiger partial charge is 0.307 e. The van der Waals surface area contributed by atoms with Gasteiger partial charge in [-0.25, -0.2) is 8.78 Å². The van der Waals surface area contributed by atoms with Crippen molar-refractivity contribution < 1.29 is 8.78 Å². The van der Waals surface area contributed by atoms with E-state index in [-0.39, 0.29) is 6.54 Å². The molecule has 0 aromatic heterocycles. The second-order valence-corrected chi connectivity index (χ2v) is 3.09. The van der Waals surface area contributed by atoms with Gasteiger partial charge in [-0.2, -0.15) is 0 Å². The summed E-state index contributed by atoms with van der Waals surface area (Å²) in [5.41, 5.74) is 0.910. The monoisotopic (exact) mass is 205 g/mol. The number of hydrogen-bond acceptors (Lipinski definition) is 1. The van der Waals surface area contributed by atoms with Gasteiger partial charge in [0.25, 0.3) is 6.43 Å². The lowest BCUT2D eigenvalue weighted by Crippen LogP contribution is -2.20. The van der Waals surface area contributed by atoms with Gasteiger partial charge in [-0.15, -0.1) is 0 Å². The smallest absolute Gasteiger partial charge is 0.250 e. The highest BCUT2D eigenvalue weighted by atomic mass is 35.5. The van der Waals surface area contributed by atoms with Gasteiger partial charge in [0.2, 0.25) is 0 Å². The zero-order valence-corrected chi connectivity index (χ0v) is 7.69. The van der Waals surface area contributed by atoms with Crippen LogP contribution >= 0.6 is 11.6 Å². The normalized spacial score (nSPS) is 10.8. The van der Waals surface area contributed by atoms with E-state index in [1.807, 2.05) is 6.07 Å². The molecule has 13 heavy (non-hydrogen) atoms. The van der Waals surface area contributed by atoms with Crippen molar-refractivity contribution in [3.63, 3.8) is 0 Å². The highest BCUT2D eigenvalue weighted by Crippen LogP contribution is 2.10. The third-order valence-corrected chi connectivity index (χ3v) is 1.75. The van der Waals surface area contributed by atoms with Gasteiger partial charge in [-0.05, 0) is 17.7 Å². The maximum Gasteiger partial charge on any atom is 0.250 e. The number of alkyl halides is 2. The van der Waals surface area contributed by atoms with E-state index in [1.54, 1.807) is 18.2 Å². The number of halogens is 3. The van der Waals surface area contributed by atoms with Crippen LogP contribution in [0.15, 0.2) is 24.3 Å². The van der Waals surface area contributed by atoms with Crippen molar-refractivity contribution in [1.29, 1.82) is 0 Å². The van der Waals surface area contributed by atoms with Crippen molar-refractivity contribution in [3.8, 4) is 0 Å². The lowest BCUT2D eigenvalue weighted by molar-refractivity contribution is 0.145. The first-order valence-electron chi connectivity index (χ1n) is 3.92. The summed E-state index contributed by atoms with van der Waals surface area (Å²) in [5, 5.41) is 3.24. The second-order valence-electron chi connectivity index (χ2n) is 2.65. The quantitative estimate of drug-likeness (QED) is 0.797. The Morgan fingerprint density at radius 2 is 2.15 bits per heavy atom. The predicted octanol–water partition coefficient (Wildman–Crippen LogP) is 2.69. The SMILES string of the molecule is FC(F)CNCc1cccc(Cl)c1. The Labute approximate surface area is 80.7 Å². The molecule has 0 bridgehead atoms. The van der Waals surface area contributed by atoms with Crippen LogP contribution < -0.4 is 5.32 Å². The molecule has 0 atom stereocenters. The second kappa shape index (κ2) is 5.14. The molecule has 0 radical (unpaired) electrons. The molecule has 4 heteroatoms. The van der Waals surface area contributed by atoms with E-state index < -0.39 is 6.43 Å². The van der Waals surface area contributed by atoms with Crippen LogP contribution in [0.1, 0.15) is 5.56 Å². The van der Waals surface area contributed by atoms with Crippen molar-refractivity contribution in [2.24, 2.45) is 0 Å². The molecule has 1 N–H and O–H groups in total. The molecule has 0 heterocycles. The van der Waals surface area contributed by atoms with Gasteiger partial charge in [0.1, 0.15) is 0 Å². The standard InChI is InChI=1S/C9H10ClF2N/c10-8-3-1-2-7(4-8)5-13-6-9(11)12/h1-4,9,13H,5-6H2. The molecule has 72 valence electrons. The van der Waals surface area contributed by atoms with Crippen LogP contribution in [0.4, 0.5) is 8.78 Å². The van der Waals surface area contributed by atoms with Gasteiger partial charge < -0.3 is 5.32 Å². The average Bonchev–Trinajstić information content (AvgIpc) is 2.03. The molecule has 0 aliphatic heterocycles. The highest BCUT2D eigenvalue weighted by Gasteiger charge is 2.00. The fourth-order valence-electron chi connectivity index (χ4n) is 0.973. The molecule has 0 saturated carbocycles. The molecule has 0 aliphatic rings. The third kappa shape index (κ3) is 4.20. The lowest BCUT2D eigenvalue weighted by atomic mass is 10.2. The van der Waals surface area contributed by atoms with E-state index in [2.05, 4.69) is 5.32 Å². The Hall–Kier alpha value is -0.670. The van der Waals surface area contributed by atoms with E-state index in [0.717, 1.165) is 5.56 Å². The van der Waals surface area contributed by atoms with Gasteiger partial charge in [-0.3, -0.25) is 0 Å². The van der Waals surface area contributed by atoms with E-state index in [1.165, 1.54) is 0 Å². The van der Waals surface area contributed by atoms with E-state index in [9.17, 15) is 8.78 Å². The molecular weight excluding hydrogens is 196 g/mol. The molecule has 0 saturated heterocycles. The fraction of sp³-hybridized carbons (Fsp3) is 0.333. The van der Waals surface area contributed by atoms with Crippen LogP contribution in [0.25, 0.3) is 0 Å². The summed E-state index contributed by atoms with van der Waals surface area (Å²) in [6.45, 7) is 0.136. The first-order valence-corrected chi connectivity index (χ1v) is 4.29. The third-order valence-electron chi connectivity index (χ3n) is 1.52. The number of hydrogen-bond donors (Lipinski definition) is 1. The van der Waals surface area contributed by atoms with Gasteiger partial charge in [-0.1, -0.05) is 23.7 Å². The molecule has 0 fully saturated rings. The Morgan fingerprint density at radius 1 is 1.38 bits per heavy atom. The topological polar surface area (TPSA) is 12.0 Å². The molecule has 0 aliphatic carbocycles. The maximum atomic E-state index is 11.7. The van der Waals surface area contributed by atoms with Crippen LogP contribution in [0.2, 0.25) is 5.02 Å². The number of nitrogens with one attached hydrogen (secondary N) is 1. The zero-order chi connectivity index (χ0) is 9.68. The number of rotatable bonds is 4. The maximum absolute atomic E-state index is 11.7. The van der Waals surface area contributed by atoms with Crippen molar-refractivity contribution >= 4 is 11.6 Å². The molecule has 1 nitrogen and oxygen atoms in total. The molecular formula is C9H10ClF2N. The van der Waals surface area contributed by atoms with Crippen molar-refractivity contribution in [3.05, 3.63) is 34.9 Å². The minimum Gasteiger partial charge on any atom is -0.307 e. The van der Waals surface area contributed by atoms with Crippen LogP contribution in [0, 0.1) is 0 Å². The summed E-state index contributed by atoms with van der Waals surface area (Å²) in [4.78, 5) is 0. The Bertz CT molecular complexity index is 266. The average molecular weight is 206 g/mol. The first kappa shape index (κ1) is 10.4. The van der Waals surface area contributed by atoms with Gasteiger partial charge in [0.05, 0.1) is 6.54 Å². The molecule has 0 unspecified atom stereocenters. The van der Waals surface area contributed by atoms with Crippen LogP contribution in [-0.2, 0) is 6.54 Å². The first-order chi connectivity index (χ1) is 6.18. The van der Waals surface area contributed by atoms with E-state index in [0.29, 0.717) is 11.6 Å². The molecule has 0 amide bonds. The zero-order valence-electron chi connectivity index (χ0n) is 6.93. The fourth-order valence-corrected chi connectivity index (χ4v) is 1.19. The Morgan fingerprint density at radius 3 is 2.77 bits per heavy atom.